The van der Waals surface area contributed by atoms with Gasteiger partial charge in [0.15, 0.2) is 23.1 Å². The molecule has 24 heavy (non-hydrogen) atoms. The van der Waals surface area contributed by atoms with Crippen molar-refractivity contribution in [3.8, 4) is 11.5 Å². The number of oxazole rings is 1. The van der Waals surface area contributed by atoms with E-state index < -0.39 is 0 Å². The average Bonchev–Trinajstić information content (AvgIpc) is 3.30. The average molecular weight is 330 g/mol. The number of benzene rings is 1. The van der Waals surface area contributed by atoms with Crippen molar-refractivity contribution in [2.45, 2.75) is 18.8 Å². The zero-order valence-corrected chi connectivity index (χ0v) is 13.4. The Balaban J connectivity index is 1.51. The van der Waals surface area contributed by atoms with Gasteiger partial charge in [-0.3, -0.25) is 4.79 Å². The van der Waals surface area contributed by atoms with E-state index in [0.29, 0.717) is 42.0 Å². The highest BCUT2D eigenvalue weighted by atomic mass is 16.7. The van der Waals surface area contributed by atoms with Crippen LogP contribution in [0, 0.1) is 0 Å². The lowest BCUT2D eigenvalue weighted by atomic mass is 10.0. The summed E-state index contributed by atoms with van der Waals surface area (Å²) in [5.41, 5.74) is 1.01. The van der Waals surface area contributed by atoms with Gasteiger partial charge in [0.25, 0.3) is 5.91 Å². The van der Waals surface area contributed by atoms with Crippen LogP contribution in [0.2, 0.25) is 0 Å². The van der Waals surface area contributed by atoms with Crippen molar-refractivity contribution in [3.63, 3.8) is 0 Å². The van der Waals surface area contributed by atoms with Crippen LogP contribution in [-0.2, 0) is 4.74 Å². The summed E-state index contributed by atoms with van der Waals surface area (Å²) in [5.74, 6) is 1.92. The van der Waals surface area contributed by atoms with E-state index in [9.17, 15) is 4.79 Å². The maximum Gasteiger partial charge on any atom is 0.279 e. The number of ether oxygens (including phenoxy) is 3. The van der Waals surface area contributed by atoms with E-state index in [0.717, 1.165) is 12.8 Å². The second-order valence-corrected chi connectivity index (χ2v) is 5.86. The maximum atomic E-state index is 12.6. The van der Waals surface area contributed by atoms with Gasteiger partial charge in [0.2, 0.25) is 6.79 Å². The van der Waals surface area contributed by atoms with E-state index in [1.807, 2.05) is 6.07 Å². The minimum Gasteiger partial charge on any atom is -0.454 e. The van der Waals surface area contributed by atoms with E-state index in [4.69, 9.17) is 18.6 Å². The van der Waals surface area contributed by atoms with Gasteiger partial charge in [0.05, 0.1) is 0 Å². The summed E-state index contributed by atoms with van der Waals surface area (Å²) in [7, 11) is 1.70. The van der Waals surface area contributed by atoms with E-state index in [-0.39, 0.29) is 18.6 Å². The summed E-state index contributed by atoms with van der Waals surface area (Å²) >= 11 is 0. The van der Waals surface area contributed by atoms with Crippen molar-refractivity contribution in [1.82, 2.24) is 4.98 Å². The molecule has 2 aliphatic rings. The number of hydrogen-bond donors (Lipinski definition) is 0. The maximum absolute atomic E-state index is 12.6. The lowest BCUT2D eigenvalue weighted by molar-refractivity contribution is 0.0794. The molecule has 1 saturated heterocycles. The molecule has 7 heteroatoms. The lowest BCUT2D eigenvalue weighted by Crippen LogP contribution is -2.26. The van der Waals surface area contributed by atoms with Crippen LogP contribution in [0.25, 0.3) is 0 Å². The monoisotopic (exact) mass is 330 g/mol. The van der Waals surface area contributed by atoms with Crippen molar-refractivity contribution in [2.24, 2.45) is 0 Å². The zero-order valence-electron chi connectivity index (χ0n) is 13.4. The zero-order chi connectivity index (χ0) is 16.5. The Morgan fingerprint density at radius 3 is 2.83 bits per heavy atom. The summed E-state index contributed by atoms with van der Waals surface area (Å²) in [4.78, 5) is 18.6. The molecule has 3 heterocycles. The minimum absolute atomic E-state index is 0.203. The standard InChI is InChI=1S/C17H18N2O5/c1-19(12-2-3-14-15(8-12)24-10-23-14)17(20)13-9-22-16(18-13)11-4-6-21-7-5-11/h2-3,8-9,11H,4-7,10H2,1H3. The number of amides is 1. The molecule has 0 saturated carbocycles. The summed E-state index contributed by atoms with van der Waals surface area (Å²) in [6, 6.07) is 5.38. The molecule has 4 rings (SSSR count). The van der Waals surface area contributed by atoms with Crippen LogP contribution < -0.4 is 14.4 Å². The van der Waals surface area contributed by atoms with Crippen LogP contribution in [0.1, 0.15) is 35.1 Å². The molecule has 2 aromatic rings. The number of rotatable bonds is 3. The molecule has 0 N–H and O–H groups in total. The van der Waals surface area contributed by atoms with Crippen LogP contribution in [0.4, 0.5) is 5.69 Å². The van der Waals surface area contributed by atoms with Gasteiger partial charge in [-0.2, -0.15) is 0 Å². The van der Waals surface area contributed by atoms with Crippen molar-refractivity contribution < 1.29 is 23.4 Å². The molecule has 1 aromatic heterocycles. The first-order valence-corrected chi connectivity index (χ1v) is 7.93. The Morgan fingerprint density at radius 2 is 2.00 bits per heavy atom. The SMILES string of the molecule is CN(C(=O)c1coc(C2CCOCC2)n1)c1ccc2c(c1)OCO2. The van der Waals surface area contributed by atoms with Crippen LogP contribution in [0.3, 0.4) is 0 Å². The third-order valence-corrected chi connectivity index (χ3v) is 4.36. The first-order valence-electron chi connectivity index (χ1n) is 7.93. The minimum atomic E-state index is -0.226. The molecule has 7 nitrogen and oxygen atoms in total. The molecule has 1 amide bonds. The van der Waals surface area contributed by atoms with Crippen LogP contribution in [0.5, 0.6) is 11.5 Å². The van der Waals surface area contributed by atoms with Gasteiger partial charge in [-0.1, -0.05) is 0 Å². The predicted octanol–water partition coefficient (Wildman–Crippen LogP) is 2.57. The Kier molecular flexibility index (Phi) is 3.86. The molecule has 2 aliphatic heterocycles. The van der Waals surface area contributed by atoms with Gasteiger partial charge in [0.1, 0.15) is 6.26 Å². The third kappa shape index (κ3) is 2.71. The fourth-order valence-electron chi connectivity index (χ4n) is 2.90. The molecule has 0 radical (unpaired) electrons. The molecule has 1 fully saturated rings. The van der Waals surface area contributed by atoms with E-state index >= 15 is 0 Å². The Bertz CT molecular complexity index is 751. The molecule has 0 unspecified atom stereocenters. The number of carbonyl (C=O) groups is 1. The summed E-state index contributed by atoms with van der Waals surface area (Å²) in [6.07, 6.45) is 3.16. The molecule has 126 valence electrons. The Morgan fingerprint density at radius 1 is 1.21 bits per heavy atom. The Labute approximate surface area is 139 Å². The number of anilines is 1. The summed E-state index contributed by atoms with van der Waals surface area (Å²) < 4.78 is 21.5. The van der Waals surface area contributed by atoms with E-state index in [2.05, 4.69) is 4.98 Å². The molecular formula is C17H18N2O5. The molecule has 0 atom stereocenters. The highest BCUT2D eigenvalue weighted by molar-refractivity contribution is 6.04. The molecule has 0 aliphatic carbocycles. The second-order valence-electron chi connectivity index (χ2n) is 5.86. The van der Waals surface area contributed by atoms with Crippen molar-refractivity contribution in [2.75, 3.05) is 32.0 Å². The number of hydrogen-bond acceptors (Lipinski definition) is 6. The number of aromatic nitrogens is 1. The van der Waals surface area contributed by atoms with Crippen LogP contribution >= 0.6 is 0 Å². The quantitative estimate of drug-likeness (QED) is 0.861. The number of fused-ring (bicyclic) bond motifs is 1. The molecular weight excluding hydrogens is 312 g/mol. The molecule has 0 bridgehead atoms. The van der Waals surface area contributed by atoms with Crippen molar-refractivity contribution in [1.29, 1.82) is 0 Å². The second kappa shape index (κ2) is 6.16. The number of nitrogens with zero attached hydrogens (tertiary/aromatic N) is 2. The fraction of sp³-hybridized carbons (Fsp3) is 0.412. The topological polar surface area (TPSA) is 74.0 Å². The highest BCUT2D eigenvalue weighted by Crippen LogP contribution is 2.35. The molecule has 1 aromatic carbocycles. The van der Waals surface area contributed by atoms with E-state index in [1.54, 1.807) is 19.2 Å². The first kappa shape index (κ1) is 15.0. The fourth-order valence-corrected chi connectivity index (χ4v) is 2.90. The van der Waals surface area contributed by atoms with Gasteiger partial charge in [-0.05, 0) is 25.0 Å². The summed E-state index contributed by atoms with van der Waals surface area (Å²) in [6.45, 7) is 1.61. The Hall–Kier alpha value is -2.54. The summed E-state index contributed by atoms with van der Waals surface area (Å²) in [5, 5.41) is 0. The van der Waals surface area contributed by atoms with Gasteiger partial charge in [-0.15, -0.1) is 0 Å². The van der Waals surface area contributed by atoms with Gasteiger partial charge < -0.3 is 23.5 Å². The highest BCUT2D eigenvalue weighted by Gasteiger charge is 2.25. The molecule has 0 spiro atoms. The van der Waals surface area contributed by atoms with Crippen molar-refractivity contribution >= 4 is 11.6 Å². The van der Waals surface area contributed by atoms with E-state index in [1.165, 1.54) is 11.2 Å². The van der Waals surface area contributed by atoms with Gasteiger partial charge in [-0.25, -0.2) is 4.98 Å². The third-order valence-electron chi connectivity index (χ3n) is 4.36. The van der Waals surface area contributed by atoms with Gasteiger partial charge >= 0.3 is 0 Å². The van der Waals surface area contributed by atoms with Gasteiger partial charge in [0, 0.05) is 37.9 Å². The largest absolute Gasteiger partial charge is 0.454 e. The smallest absolute Gasteiger partial charge is 0.279 e. The number of carbonyl (C=O) groups excluding carboxylic acids is 1. The lowest BCUT2D eigenvalue weighted by Gasteiger charge is -2.18. The normalized spacial score (nSPS) is 17.0. The predicted molar refractivity (Wildman–Crippen MR) is 84.6 cm³/mol. The van der Waals surface area contributed by atoms with Crippen molar-refractivity contribution in [3.05, 3.63) is 36.0 Å². The van der Waals surface area contributed by atoms with Crippen LogP contribution in [-0.4, -0.2) is 37.9 Å². The first-order chi connectivity index (χ1) is 11.7. The van der Waals surface area contributed by atoms with Crippen LogP contribution in [0.15, 0.2) is 28.9 Å².